The van der Waals surface area contributed by atoms with Crippen molar-refractivity contribution < 1.29 is 18.7 Å². The van der Waals surface area contributed by atoms with Crippen molar-refractivity contribution in [2.24, 2.45) is 17.8 Å². The van der Waals surface area contributed by atoms with Gasteiger partial charge in [0, 0.05) is 12.1 Å². The third-order valence-corrected chi connectivity index (χ3v) is 8.52. The van der Waals surface area contributed by atoms with Crippen LogP contribution in [0.15, 0.2) is 54.6 Å². The Labute approximate surface area is 213 Å². The summed E-state index contributed by atoms with van der Waals surface area (Å²) in [7, 11) is 0. The highest BCUT2D eigenvalue weighted by Crippen LogP contribution is 2.57. The summed E-state index contributed by atoms with van der Waals surface area (Å²) in [6.45, 7) is 6.08. The average molecular weight is 490 g/mol. The van der Waals surface area contributed by atoms with Gasteiger partial charge in [0.15, 0.2) is 0 Å². The van der Waals surface area contributed by atoms with Gasteiger partial charge in [0.2, 0.25) is 5.91 Å². The Morgan fingerprint density at radius 1 is 1.08 bits per heavy atom. The highest BCUT2D eigenvalue weighted by Gasteiger charge is 2.56. The van der Waals surface area contributed by atoms with Crippen molar-refractivity contribution in [1.29, 1.82) is 0 Å². The molecule has 190 valence electrons. The first kappa shape index (κ1) is 24.7. The molecule has 5 heteroatoms. The van der Waals surface area contributed by atoms with E-state index in [2.05, 4.69) is 5.32 Å². The second-order valence-electron chi connectivity index (χ2n) is 11.8. The molecule has 2 aromatic carbocycles. The smallest absolute Gasteiger partial charge is 0.331 e. The Morgan fingerprint density at radius 3 is 2.44 bits per heavy atom. The van der Waals surface area contributed by atoms with Crippen molar-refractivity contribution in [3.8, 4) is 0 Å². The van der Waals surface area contributed by atoms with Gasteiger partial charge in [-0.1, -0.05) is 54.1 Å². The summed E-state index contributed by atoms with van der Waals surface area (Å²) in [4.78, 5) is 25.8. The Kier molecular flexibility index (Phi) is 6.52. The van der Waals surface area contributed by atoms with Crippen LogP contribution in [0, 0.1) is 24.7 Å². The van der Waals surface area contributed by atoms with Gasteiger partial charge in [0.1, 0.15) is 12.3 Å². The van der Waals surface area contributed by atoms with Crippen molar-refractivity contribution in [3.63, 3.8) is 0 Å². The number of halogens is 1. The van der Waals surface area contributed by atoms with E-state index >= 15 is 4.39 Å². The molecule has 0 unspecified atom stereocenters. The van der Waals surface area contributed by atoms with E-state index in [0.717, 1.165) is 35.1 Å². The van der Waals surface area contributed by atoms with Gasteiger partial charge in [-0.15, -0.1) is 0 Å². The number of aryl methyl sites for hydroxylation is 1. The molecule has 4 nitrogen and oxygen atoms in total. The van der Waals surface area contributed by atoms with Crippen LogP contribution in [0.5, 0.6) is 0 Å². The molecule has 0 aromatic heterocycles. The molecule has 36 heavy (non-hydrogen) atoms. The van der Waals surface area contributed by atoms with Crippen LogP contribution in [-0.2, 0) is 26.3 Å². The molecule has 0 heterocycles. The lowest BCUT2D eigenvalue weighted by Gasteiger charge is -2.57. The summed E-state index contributed by atoms with van der Waals surface area (Å²) in [5.41, 5.74) is 1.92. The fraction of sp³-hybridized carbons (Fsp3) is 0.484. The average Bonchev–Trinajstić information content (AvgIpc) is 2.83. The Morgan fingerprint density at radius 2 is 1.78 bits per heavy atom. The lowest BCUT2D eigenvalue weighted by atomic mass is 9.53. The van der Waals surface area contributed by atoms with E-state index in [1.165, 1.54) is 6.08 Å². The molecule has 4 saturated carbocycles. The van der Waals surface area contributed by atoms with E-state index in [4.69, 9.17) is 4.74 Å². The zero-order chi connectivity index (χ0) is 25.5. The van der Waals surface area contributed by atoms with E-state index in [0.29, 0.717) is 25.2 Å². The summed E-state index contributed by atoms with van der Waals surface area (Å²) in [6.07, 6.45) is 7.12. The van der Waals surface area contributed by atoms with Crippen molar-refractivity contribution in [3.05, 3.63) is 76.9 Å². The van der Waals surface area contributed by atoms with Crippen LogP contribution in [0.2, 0.25) is 0 Å². The first-order valence-corrected chi connectivity index (χ1v) is 13.1. The summed E-state index contributed by atoms with van der Waals surface area (Å²) in [6, 6.07) is 15.6. The Bertz CT molecular complexity index is 1160. The summed E-state index contributed by atoms with van der Waals surface area (Å²) in [5, 5.41) is 3.34. The molecule has 4 bridgehead atoms. The molecular weight excluding hydrogens is 453 g/mol. The van der Waals surface area contributed by atoms with Gasteiger partial charge < -0.3 is 10.1 Å². The summed E-state index contributed by atoms with van der Waals surface area (Å²) < 4.78 is 20.4. The number of nitrogens with one attached hydrogen (secondary N) is 1. The second kappa shape index (κ2) is 9.49. The minimum absolute atomic E-state index is 0.0179. The predicted molar refractivity (Wildman–Crippen MR) is 139 cm³/mol. The lowest BCUT2D eigenvalue weighted by Crippen LogP contribution is -2.61. The first-order chi connectivity index (χ1) is 17.1. The number of ether oxygens (including phenoxy) is 1. The predicted octanol–water partition coefficient (Wildman–Crippen LogP) is 6.06. The first-order valence-electron chi connectivity index (χ1n) is 13.1. The third-order valence-electron chi connectivity index (χ3n) is 8.52. The van der Waals surface area contributed by atoms with Crippen molar-refractivity contribution >= 4 is 18.0 Å². The molecular formula is C31H36FNO3. The molecule has 2 aromatic rings. The van der Waals surface area contributed by atoms with E-state index in [1.54, 1.807) is 6.08 Å². The van der Waals surface area contributed by atoms with E-state index < -0.39 is 17.1 Å². The zero-order valence-electron chi connectivity index (χ0n) is 21.4. The molecule has 0 radical (unpaired) electrons. The van der Waals surface area contributed by atoms with Crippen molar-refractivity contribution in [1.82, 2.24) is 5.32 Å². The molecule has 0 saturated heterocycles. The molecule has 4 aliphatic rings. The molecule has 6 rings (SSSR count). The van der Waals surface area contributed by atoms with Crippen LogP contribution in [0.3, 0.4) is 0 Å². The van der Waals surface area contributed by atoms with Gasteiger partial charge in [0.05, 0.1) is 5.41 Å². The SMILES string of the molecule is Cc1cc(/C=C/C(=O)OCc2ccccc2)cc(C(C)(C)C(=O)NC2[C@@H]3CC4C[C@@H]2CC(F)(C4)C3)c1. The maximum Gasteiger partial charge on any atom is 0.331 e. The Hall–Kier alpha value is -2.95. The number of alkyl halides is 1. The molecule has 2 atom stereocenters. The van der Waals surface area contributed by atoms with E-state index in [9.17, 15) is 9.59 Å². The second-order valence-corrected chi connectivity index (χ2v) is 11.8. The normalized spacial score (nSPS) is 28.9. The van der Waals surface area contributed by atoms with Gasteiger partial charge >= 0.3 is 5.97 Å². The van der Waals surface area contributed by atoms with E-state index in [1.807, 2.05) is 69.3 Å². The molecule has 4 aliphatic carbocycles. The van der Waals surface area contributed by atoms with Gasteiger partial charge in [-0.05, 0) is 93.4 Å². The standard InChI is InChI=1S/C31H36FNO3/c1-20-11-22(9-10-27(34)36-19-21-7-5-4-6-8-21)15-26(12-20)30(2,3)29(35)33-28-24-13-23-14-25(28)18-31(32,16-23)17-24/h4-12,15,23-25,28H,13-14,16-19H2,1-3H3,(H,33,35)/b10-9+/t23?,24-,25-,28?,31?/m1/s1. The highest BCUT2D eigenvalue weighted by atomic mass is 19.1. The number of hydrogen-bond acceptors (Lipinski definition) is 3. The number of hydrogen-bond donors (Lipinski definition) is 1. The van der Waals surface area contributed by atoms with Crippen LogP contribution in [0.1, 0.15) is 68.2 Å². The van der Waals surface area contributed by atoms with E-state index in [-0.39, 0.29) is 30.4 Å². The monoisotopic (exact) mass is 489 g/mol. The maximum atomic E-state index is 15.1. The van der Waals surface area contributed by atoms with Crippen LogP contribution in [0.4, 0.5) is 4.39 Å². The minimum atomic E-state index is -1.01. The molecule has 0 aliphatic heterocycles. The van der Waals surface area contributed by atoms with Gasteiger partial charge in [-0.3, -0.25) is 4.79 Å². The number of esters is 1. The molecule has 1 amide bonds. The van der Waals surface area contributed by atoms with Gasteiger partial charge in [0.25, 0.3) is 0 Å². The number of amides is 1. The van der Waals surface area contributed by atoms with Crippen LogP contribution in [0.25, 0.3) is 6.08 Å². The lowest BCUT2D eigenvalue weighted by molar-refractivity contribution is -0.139. The van der Waals surface area contributed by atoms with Gasteiger partial charge in [-0.25, -0.2) is 9.18 Å². The fourth-order valence-corrected chi connectivity index (χ4v) is 6.83. The number of carbonyl (C=O) groups excluding carboxylic acids is 2. The minimum Gasteiger partial charge on any atom is -0.458 e. The number of benzene rings is 2. The zero-order valence-corrected chi connectivity index (χ0v) is 21.4. The molecule has 1 N–H and O–H groups in total. The Balaban J connectivity index is 1.25. The van der Waals surface area contributed by atoms with Crippen LogP contribution in [-0.4, -0.2) is 23.6 Å². The number of carbonyl (C=O) groups is 2. The molecule has 0 spiro atoms. The van der Waals surface area contributed by atoms with Crippen LogP contribution < -0.4 is 5.32 Å². The van der Waals surface area contributed by atoms with Gasteiger partial charge in [-0.2, -0.15) is 0 Å². The van der Waals surface area contributed by atoms with Crippen LogP contribution >= 0.6 is 0 Å². The van der Waals surface area contributed by atoms with Crippen molar-refractivity contribution in [2.45, 2.75) is 76.6 Å². The van der Waals surface area contributed by atoms with Crippen molar-refractivity contribution in [2.75, 3.05) is 0 Å². The molecule has 4 fully saturated rings. The topological polar surface area (TPSA) is 55.4 Å². The summed E-state index contributed by atoms with van der Waals surface area (Å²) >= 11 is 0. The largest absolute Gasteiger partial charge is 0.458 e. The fourth-order valence-electron chi connectivity index (χ4n) is 6.83. The quantitative estimate of drug-likeness (QED) is 0.380. The third kappa shape index (κ3) is 5.11. The highest BCUT2D eigenvalue weighted by molar-refractivity contribution is 5.89. The summed E-state index contributed by atoms with van der Waals surface area (Å²) in [5.74, 6) is 0.555. The maximum absolute atomic E-state index is 15.1. The number of rotatable bonds is 7.